The van der Waals surface area contributed by atoms with Gasteiger partial charge in [-0.05, 0) is 38.5 Å². The molecule has 0 unspecified atom stereocenters. The van der Waals surface area contributed by atoms with Crippen LogP contribution >= 0.6 is 11.6 Å². The molecule has 0 aliphatic heterocycles. The van der Waals surface area contributed by atoms with E-state index in [-0.39, 0.29) is 11.7 Å². The van der Waals surface area contributed by atoms with Crippen LogP contribution in [0.4, 0.5) is 0 Å². The molecule has 0 spiro atoms. The third-order valence-corrected chi connectivity index (χ3v) is 3.52. The highest BCUT2D eigenvalue weighted by atomic mass is 35.5. The summed E-state index contributed by atoms with van der Waals surface area (Å²) >= 11 is 5.94. The lowest BCUT2D eigenvalue weighted by molar-refractivity contribution is -0.129. The molecule has 22 heavy (non-hydrogen) atoms. The van der Waals surface area contributed by atoms with Crippen LogP contribution in [0.5, 0.6) is 0 Å². The van der Waals surface area contributed by atoms with Crippen LogP contribution in [-0.2, 0) is 9.53 Å². The lowest BCUT2D eigenvalue weighted by Gasteiger charge is -2.12. The van der Waals surface area contributed by atoms with Crippen molar-refractivity contribution in [2.75, 3.05) is 6.54 Å². The third kappa shape index (κ3) is 3.42. The van der Waals surface area contributed by atoms with Gasteiger partial charge in [-0.2, -0.15) is 0 Å². The number of carbonyl (C=O) groups is 2. The largest absolute Gasteiger partial charge is 0.449 e. The first-order chi connectivity index (χ1) is 10.4. The SMILES string of the molecule is CCCNC(=O)[C@H](C)OC(=O)c1oc2ccc(Cl)cc2c1C. The Hall–Kier alpha value is -2.01. The molecule has 6 heteroatoms. The Morgan fingerprint density at radius 3 is 2.82 bits per heavy atom. The molecule has 0 bridgehead atoms. The zero-order valence-electron chi connectivity index (χ0n) is 12.7. The average molecular weight is 324 g/mol. The number of aryl methyl sites for hydroxylation is 1. The minimum atomic E-state index is -0.879. The van der Waals surface area contributed by atoms with Gasteiger partial charge < -0.3 is 14.5 Å². The van der Waals surface area contributed by atoms with Gasteiger partial charge in [0.15, 0.2) is 6.10 Å². The number of benzene rings is 1. The Morgan fingerprint density at radius 2 is 2.14 bits per heavy atom. The molecule has 1 amide bonds. The third-order valence-electron chi connectivity index (χ3n) is 3.29. The van der Waals surface area contributed by atoms with Crippen molar-refractivity contribution < 1.29 is 18.7 Å². The van der Waals surface area contributed by atoms with Crippen molar-refractivity contribution in [3.63, 3.8) is 0 Å². The molecule has 0 saturated heterocycles. The molecule has 0 fully saturated rings. The van der Waals surface area contributed by atoms with Crippen LogP contribution in [0.25, 0.3) is 11.0 Å². The van der Waals surface area contributed by atoms with E-state index in [1.54, 1.807) is 25.1 Å². The van der Waals surface area contributed by atoms with Gasteiger partial charge in [0.1, 0.15) is 5.58 Å². The standard InChI is InChI=1S/C16H18ClNO4/c1-4-7-18-15(19)10(3)21-16(20)14-9(2)12-8-11(17)5-6-13(12)22-14/h5-6,8,10H,4,7H2,1-3H3,(H,18,19)/t10-/m0/s1. The van der Waals surface area contributed by atoms with Gasteiger partial charge in [-0.1, -0.05) is 18.5 Å². The quantitative estimate of drug-likeness (QED) is 0.855. The molecule has 0 aliphatic rings. The van der Waals surface area contributed by atoms with Crippen LogP contribution in [0.1, 0.15) is 36.4 Å². The number of furan rings is 1. The second kappa shape index (κ2) is 6.83. The molecule has 118 valence electrons. The molecule has 2 aromatic rings. The molecule has 0 saturated carbocycles. The monoisotopic (exact) mass is 323 g/mol. The highest BCUT2D eigenvalue weighted by molar-refractivity contribution is 6.31. The molecule has 1 aromatic heterocycles. The van der Waals surface area contributed by atoms with Crippen molar-refractivity contribution in [3.05, 3.63) is 34.5 Å². The number of fused-ring (bicyclic) bond motifs is 1. The lowest BCUT2D eigenvalue weighted by atomic mass is 10.1. The predicted octanol–water partition coefficient (Wildman–Crippen LogP) is 3.47. The fraction of sp³-hybridized carbons (Fsp3) is 0.375. The summed E-state index contributed by atoms with van der Waals surface area (Å²) in [6, 6.07) is 5.10. The maximum atomic E-state index is 12.2. The van der Waals surface area contributed by atoms with Gasteiger partial charge in [-0.25, -0.2) is 4.79 Å². The Kier molecular flexibility index (Phi) is 5.08. The van der Waals surface area contributed by atoms with Crippen LogP contribution in [0.2, 0.25) is 5.02 Å². The van der Waals surface area contributed by atoms with E-state index in [0.717, 1.165) is 11.8 Å². The average Bonchev–Trinajstić information content (AvgIpc) is 2.81. The van der Waals surface area contributed by atoms with Crippen LogP contribution in [0.3, 0.4) is 0 Å². The number of nitrogens with one attached hydrogen (secondary N) is 1. The number of hydrogen-bond donors (Lipinski definition) is 1. The number of carbonyl (C=O) groups excluding carboxylic acids is 2. The smallest absolute Gasteiger partial charge is 0.375 e. The fourth-order valence-corrected chi connectivity index (χ4v) is 2.22. The minimum Gasteiger partial charge on any atom is -0.449 e. The first-order valence-electron chi connectivity index (χ1n) is 7.11. The van der Waals surface area contributed by atoms with Crippen LogP contribution in [0, 0.1) is 6.92 Å². The maximum Gasteiger partial charge on any atom is 0.375 e. The molecule has 2 rings (SSSR count). The molecule has 1 atom stereocenters. The van der Waals surface area contributed by atoms with Crippen LogP contribution in [-0.4, -0.2) is 24.5 Å². The topological polar surface area (TPSA) is 68.5 Å². The van der Waals surface area contributed by atoms with Gasteiger partial charge in [0.2, 0.25) is 5.76 Å². The summed E-state index contributed by atoms with van der Waals surface area (Å²) in [6.45, 7) is 5.76. The summed E-state index contributed by atoms with van der Waals surface area (Å²) in [4.78, 5) is 23.9. The van der Waals surface area contributed by atoms with Crippen molar-refractivity contribution >= 4 is 34.4 Å². The van der Waals surface area contributed by atoms with Gasteiger partial charge >= 0.3 is 5.97 Å². The van der Waals surface area contributed by atoms with E-state index in [1.807, 2.05) is 6.92 Å². The van der Waals surface area contributed by atoms with E-state index < -0.39 is 12.1 Å². The highest BCUT2D eigenvalue weighted by Gasteiger charge is 2.24. The van der Waals surface area contributed by atoms with Gasteiger partial charge in [0, 0.05) is 22.5 Å². The Bertz CT molecular complexity index is 707. The summed E-state index contributed by atoms with van der Waals surface area (Å²) in [5.74, 6) is -0.900. The van der Waals surface area contributed by atoms with Gasteiger partial charge in [0.25, 0.3) is 5.91 Å². The molecule has 0 aliphatic carbocycles. The van der Waals surface area contributed by atoms with Gasteiger partial charge in [-0.3, -0.25) is 4.79 Å². The molecular formula is C16H18ClNO4. The second-order valence-electron chi connectivity index (χ2n) is 5.04. The fourth-order valence-electron chi connectivity index (χ4n) is 2.05. The summed E-state index contributed by atoms with van der Waals surface area (Å²) in [5.41, 5.74) is 1.20. The number of rotatable bonds is 5. The molecule has 1 heterocycles. The number of amides is 1. The van der Waals surface area contributed by atoms with Crippen molar-refractivity contribution in [1.29, 1.82) is 0 Å². The van der Waals surface area contributed by atoms with Crippen LogP contribution < -0.4 is 5.32 Å². The van der Waals surface area contributed by atoms with Gasteiger partial charge in [0.05, 0.1) is 0 Å². The number of ether oxygens (including phenoxy) is 1. The van der Waals surface area contributed by atoms with Gasteiger partial charge in [-0.15, -0.1) is 0 Å². The molecular weight excluding hydrogens is 306 g/mol. The Morgan fingerprint density at radius 1 is 1.41 bits per heavy atom. The molecule has 0 radical (unpaired) electrons. The van der Waals surface area contributed by atoms with E-state index in [4.69, 9.17) is 20.8 Å². The van der Waals surface area contributed by atoms with Crippen molar-refractivity contribution in [1.82, 2.24) is 5.32 Å². The van der Waals surface area contributed by atoms with Crippen molar-refractivity contribution in [2.45, 2.75) is 33.3 Å². The molecule has 5 nitrogen and oxygen atoms in total. The van der Waals surface area contributed by atoms with Crippen LogP contribution in [0.15, 0.2) is 22.6 Å². The molecule has 1 aromatic carbocycles. The normalized spacial score (nSPS) is 12.2. The summed E-state index contributed by atoms with van der Waals surface area (Å²) in [5, 5.41) is 3.98. The zero-order valence-corrected chi connectivity index (χ0v) is 13.5. The summed E-state index contributed by atoms with van der Waals surface area (Å²) in [6.07, 6.45) is -0.0641. The Balaban J connectivity index is 2.16. The first-order valence-corrected chi connectivity index (χ1v) is 7.49. The highest BCUT2D eigenvalue weighted by Crippen LogP contribution is 2.28. The molecule has 1 N–H and O–H groups in total. The minimum absolute atomic E-state index is 0.0902. The second-order valence-corrected chi connectivity index (χ2v) is 5.47. The zero-order chi connectivity index (χ0) is 16.3. The summed E-state index contributed by atoms with van der Waals surface area (Å²) < 4.78 is 10.7. The van der Waals surface area contributed by atoms with E-state index in [9.17, 15) is 9.59 Å². The van der Waals surface area contributed by atoms with Crippen molar-refractivity contribution in [2.24, 2.45) is 0 Å². The van der Waals surface area contributed by atoms with E-state index in [1.165, 1.54) is 6.92 Å². The van der Waals surface area contributed by atoms with Crippen molar-refractivity contribution in [3.8, 4) is 0 Å². The summed E-state index contributed by atoms with van der Waals surface area (Å²) in [7, 11) is 0. The number of hydrogen-bond acceptors (Lipinski definition) is 4. The Labute approximate surface area is 133 Å². The first kappa shape index (κ1) is 16.4. The number of esters is 1. The number of halogens is 1. The lowest BCUT2D eigenvalue weighted by Crippen LogP contribution is -2.36. The van der Waals surface area contributed by atoms with E-state index >= 15 is 0 Å². The predicted molar refractivity (Wildman–Crippen MR) is 84.1 cm³/mol. The maximum absolute atomic E-state index is 12.2. The van der Waals surface area contributed by atoms with E-state index in [0.29, 0.717) is 22.7 Å². The van der Waals surface area contributed by atoms with E-state index in [2.05, 4.69) is 5.32 Å².